The van der Waals surface area contributed by atoms with Gasteiger partial charge in [0.1, 0.15) is 12.2 Å². The molecular formula is C28H50N4O9SSi2. The van der Waals surface area contributed by atoms with Crippen LogP contribution in [0.1, 0.15) is 60.3 Å². The van der Waals surface area contributed by atoms with Gasteiger partial charge in [-0.2, -0.15) is 8.42 Å². The number of carbonyl (C=O) groups is 1. The normalized spacial score (nSPS) is 25.8. The SMILES string of the molecule is CCNC(=O)NC1=CS(=O)(=O)OC12C(CO[Si](C)(C)C(C)(C)C)O[C@@H](n1cc(C)c(=O)n(C)c1=O)[C@@H]2O[Si](C)(C)C(C)(C)C. The zero-order chi connectivity index (χ0) is 33.8. The Balaban J connectivity index is 2.36. The molecule has 16 heteroatoms. The zero-order valence-electron chi connectivity index (χ0n) is 28.3. The third kappa shape index (κ3) is 6.71. The molecule has 0 aromatic carbocycles. The zero-order valence-corrected chi connectivity index (χ0v) is 31.1. The van der Waals surface area contributed by atoms with Gasteiger partial charge < -0.3 is 24.2 Å². The molecule has 1 aromatic heterocycles. The third-order valence-electron chi connectivity index (χ3n) is 9.37. The summed E-state index contributed by atoms with van der Waals surface area (Å²) in [5.74, 6) is 0. The number of rotatable bonds is 8. The monoisotopic (exact) mass is 674 g/mol. The molecule has 2 aliphatic heterocycles. The van der Waals surface area contributed by atoms with Crippen molar-refractivity contribution in [2.75, 3.05) is 13.2 Å². The van der Waals surface area contributed by atoms with E-state index in [4.69, 9.17) is 17.8 Å². The molecule has 1 spiro atoms. The number of hydrogen-bond acceptors (Lipinski definition) is 9. The lowest BCUT2D eigenvalue weighted by molar-refractivity contribution is -0.0571. The fraction of sp³-hybridized carbons (Fsp3) is 0.750. The van der Waals surface area contributed by atoms with Gasteiger partial charge in [0.25, 0.3) is 15.7 Å². The van der Waals surface area contributed by atoms with Crippen molar-refractivity contribution in [3.63, 3.8) is 0 Å². The number of nitrogens with zero attached hydrogens (tertiary/aromatic N) is 2. The van der Waals surface area contributed by atoms with E-state index >= 15 is 0 Å². The van der Waals surface area contributed by atoms with Crippen LogP contribution in [0.2, 0.25) is 36.3 Å². The number of amides is 2. The average Bonchev–Trinajstić information content (AvgIpc) is 3.29. The maximum atomic E-state index is 13.6. The number of aromatic nitrogens is 2. The first-order valence-corrected chi connectivity index (χ1v) is 22.1. The summed E-state index contributed by atoms with van der Waals surface area (Å²) in [6, 6.07) is -0.646. The molecule has 1 aromatic rings. The van der Waals surface area contributed by atoms with Gasteiger partial charge in [0.2, 0.25) is 0 Å². The van der Waals surface area contributed by atoms with Crippen LogP contribution in [0.3, 0.4) is 0 Å². The Morgan fingerprint density at radius 2 is 1.64 bits per heavy atom. The highest BCUT2D eigenvalue weighted by Gasteiger charge is 2.68. The average molecular weight is 675 g/mol. The van der Waals surface area contributed by atoms with Crippen LogP contribution in [0.25, 0.3) is 0 Å². The predicted molar refractivity (Wildman–Crippen MR) is 173 cm³/mol. The summed E-state index contributed by atoms with van der Waals surface area (Å²) < 4.78 is 54.9. The van der Waals surface area contributed by atoms with Gasteiger partial charge in [0.15, 0.2) is 28.5 Å². The molecule has 3 rings (SSSR count). The van der Waals surface area contributed by atoms with Gasteiger partial charge in [0.05, 0.1) is 17.7 Å². The van der Waals surface area contributed by atoms with Crippen molar-refractivity contribution in [2.24, 2.45) is 7.05 Å². The van der Waals surface area contributed by atoms with Gasteiger partial charge in [-0.05, 0) is 50.1 Å². The summed E-state index contributed by atoms with van der Waals surface area (Å²) in [5, 5.41) is 5.62. The summed E-state index contributed by atoms with van der Waals surface area (Å²) >= 11 is 0. The summed E-state index contributed by atoms with van der Waals surface area (Å²) in [5.41, 5.74) is -2.91. The van der Waals surface area contributed by atoms with Crippen molar-refractivity contribution in [2.45, 2.75) is 116 Å². The molecule has 1 fully saturated rings. The second kappa shape index (κ2) is 11.9. The molecule has 1 saturated heterocycles. The van der Waals surface area contributed by atoms with Crippen molar-refractivity contribution < 1.29 is 31.0 Å². The van der Waals surface area contributed by atoms with Crippen LogP contribution in [0, 0.1) is 6.92 Å². The van der Waals surface area contributed by atoms with E-state index in [2.05, 4.69) is 31.4 Å². The first-order valence-electron chi connectivity index (χ1n) is 14.8. The number of ether oxygens (including phenoxy) is 1. The number of aryl methyl sites for hydroxylation is 1. The second-order valence-corrected chi connectivity index (χ2v) is 25.6. The van der Waals surface area contributed by atoms with E-state index in [1.807, 2.05) is 47.0 Å². The van der Waals surface area contributed by atoms with Gasteiger partial charge in [-0.25, -0.2) is 13.8 Å². The maximum absolute atomic E-state index is 13.6. The van der Waals surface area contributed by atoms with E-state index < -0.39 is 68.1 Å². The molecule has 13 nitrogen and oxygen atoms in total. The molecule has 250 valence electrons. The summed E-state index contributed by atoms with van der Waals surface area (Å²) in [6.07, 6.45) is -2.27. The molecule has 3 heterocycles. The molecule has 0 bridgehead atoms. The molecular weight excluding hydrogens is 625 g/mol. The van der Waals surface area contributed by atoms with E-state index in [0.29, 0.717) is 0 Å². The van der Waals surface area contributed by atoms with E-state index in [-0.39, 0.29) is 34.5 Å². The number of nitrogens with one attached hydrogen (secondary N) is 2. The molecule has 2 N–H and O–H groups in total. The summed E-state index contributed by atoms with van der Waals surface area (Å²) in [4.78, 5) is 39.1. The van der Waals surface area contributed by atoms with Gasteiger partial charge in [-0.3, -0.25) is 13.9 Å². The molecule has 0 saturated carbocycles. The minimum Gasteiger partial charge on any atom is -0.414 e. The first kappa shape index (κ1) is 36.4. The molecule has 2 aliphatic rings. The van der Waals surface area contributed by atoms with Gasteiger partial charge in [0, 0.05) is 25.4 Å². The van der Waals surface area contributed by atoms with E-state index in [0.717, 1.165) is 9.98 Å². The lowest BCUT2D eigenvalue weighted by Gasteiger charge is -2.44. The molecule has 2 unspecified atom stereocenters. The Hall–Kier alpha value is -2.09. The van der Waals surface area contributed by atoms with Crippen LogP contribution < -0.4 is 21.9 Å². The van der Waals surface area contributed by atoms with Crippen molar-refractivity contribution in [3.05, 3.63) is 43.7 Å². The van der Waals surface area contributed by atoms with Gasteiger partial charge in [-0.1, -0.05) is 41.5 Å². The van der Waals surface area contributed by atoms with Crippen LogP contribution in [0.5, 0.6) is 0 Å². The van der Waals surface area contributed by atoms with Crippen molar-refractivity contribution in [3.8, 4) is 0 Å². The number of carbonyl (C=O) groups excluding carboxylic acids is 1. The van der Waals surface area contributed by atoms with Gasteiger partial charge >= 0.3 is 11.7 Å². The van der Waals surface area contributed by atoms with Crippen LogP contribution >= 0.6 is 0 Å². The Labute approximate surface area is 262 Å². The summed E-state index contributed by atoms with van der Waals surface area (Å²) in [6.45, 7) is 23.8. The number of urea groups is 1. The Morgan fingerprint density at radius 3 is 2.16 bits per heavy atom. The lowest BCUT2D eigenvalue weighted by Crippen LogP contribution is -2.60. The minimum atomic E-state index is -4.36. The molecule has 44 heavy (non-hydrogen) atoms. The largest absolute Gasteiger partial charge is 0.414 e. The Kier molecular flexibility index (Phi) is 9.87. The molecule has 0 radical (unpaired) electrons. The second-order valence-electron chi connectivity index (χ2n) is 14.6. The van der Waals surface area contributed by atoms with Crippen LogP contribution in [0.4, 0.5) is 4.79 Å². The van der Waals surface area contributed by atoms with Crippen molar-refractivity contribution in [1.82, 2.24) is 19.8 Å². The predicted octanol–water partition coefficient (Wildman–Crippen LogP) is 3.42. The fourth-order valence-electron chi connectivity index (χ4n) is 4.66. The topological polar surface area (TPSA) is 156 Å². The maximum Gasteiger partial charge on any atom is 0.332 e. The summed E-state index contributed by atoms with van der Waals surface area (Å²) in [7, 11) is -8.20. The highest BCUT2D eigenvalue weighted by atomic mass is 32.2. The minimum absolute atomic E-state index is 0.0897. The Morgan fingerprint density at radius 1 is 1.07 bits per heavy atom. The van der Waals surface area contributed by atoms with E-state index in [9.17, 15) is 22.8 Å². The van der Waals surface area contributed by atoms with E-state index in [1.165, 1.54) is 17.8 Å². The van der Waals surface area contributed by atoms with Crippen LogP contribution in [-0.2, 0) is 34.9 Å². The van der Waals surface area contributed by atoms with E-state index in [1.54, 1.807) is 13.8 Å². The smallest absolute Gasteiger partial charge is 0.332 e. The highest BCUT2D eigenvalue weighted by Crippen LogP contribution is 2.52. The van der Waals surface area contributed by atoms with Gasteiger partial charge in [-0.15, -0.1) is 0 Å². The molecule has 0 aliphatic carbocycles. The number of hydrogen-bond donors (Lipinski definition) is 2. The third-order valence-corrected chi connectivity index (χ3v) is 19.4. The van der Waals surface area contributed by atoms with Crippen LogP contribution in [-0.4, -0.2) is 71.2 Å². The van der Waals surface area contributed by atoms with Crippen molar-refractivity contribution >= 4 is 32.8 Å². The quantitative estimate of drug-likeness (QED) is 0.312. The fourth-order valence-corrected chi connectivity index (χ4v) is 8.19. The lowest BCUT2D eigenvalue weighted by atomic mass is 9.89. The van der Waals surface area contributed by atoms with Crippen molar-refractivity contribution in [1.29, 1.82) is 0 Å². The highest BCUT2D eigenvalue weighted by molar-refractivity contribution is 7.90. The van der Waals surface area contributed by atoms with Crippen LogP contribution in [0.15, 0.2) is 26.9 Å². The first-order chi connectivity index (χ1) is 19.8. The molecule has 2 amide bonds. The Bertz CT molecular complexity index is 1540. The molecule has 4 atom stereocenters. The standard InChI is InChI=1S/C28H50N4O9SSi2/c1-14-29-24(34)30-19-17-42(36,37)41-28(19)20(16-38-43(10,11)26(3,4)5)39-23(21(28)40-44(12,13)27(6,7)8)32-15-18(2)22(33)31(9)25(32)35/h15,17,20-21,23H,14,16H2,1-13H3,(H2,29,30,34)/t20?,21-,23+,28?/m0/s1.